The first kappa shape index (κ1) is 19.0. The van der Waals surface area contributed by atoms with Crippen molar-refractivity contribution in [3.8, 4) is 5.75 Å². The summed E-state index contributed by atoms with van der Waals surface area (Å²) in [6, 6.07) is 13.6. The summed E-state index contributed by atoms with van der Waals surface area (Å²) in [5, 5.41) is 6.33. The molecule has 1 aliphatic heterocycles. The van der Waals surface area contributed by atoms with Gasteiger partial charge < -0.3 is 20.3 Å². The molecular weight excluding hydrogens is 366 g/mol. The number of ether oxygens (including phenoxy) is 1. The number of carbonyl (C=O) groups excluding carboxylic acids is 2. The highest BCUT2D eigenvalue weighted by Gasteiger charge is 2.34. The third-order valence-corrected chi connectivity index (χ3v) is 4.79. The number of hydrogen-bond acceptors (Lipinski definition) is 3. The van der Waals surface area contributed by atoms with Gasteiger partial charge in [0.15, 0.2) is 0 Å². The molecule has 0 bridgehead atoms. The number of benzene rings is 2. The molecule has 1 saturated heterocycles. The number of urea groups is 1. The number of carbonyl (C=O) groups is 2. The number of methoxy groups -OCH3 is 1. The SMILES string of the molecule is COc1ccc(CNC(=O)[C@H]2CCCN2C(=O)Nc2ccc(Cl)cc2)cc1. The monoisotopic (exact) mass is 387 g/mol. The zero-order valence-corrected chi connectivity index (χ0v) is 15.8. The van der Waals surface area contributed by atoms with Crippen LogP contribution < -0.4 is 15.4 Å². The number of hydrogen-bond donors (Lipinski definition) is 2. The molecule has 3 amide bonds. The topological polar surface area (TPSA) is 70.7 Å². The number of likely N-dealkylation sites (tertiary alicyclic amines) is 1. The molecule has 27 heavy (non-hydrogen) atoms. The van der Waals surface area contributed by atoms with Crippen molar-refractivity contribution in [2.24, 2.45) is 0 Å². The molecule has 0 unspecified atom stereocenters. The lowest BCUT2D eigenvalue weighted by Gasteiger charge is -2.24. The molecule has 1 aliphatic rings. The number of anilines is 1. The highest BCUT2D eigenvalue weighted by Crippen LogP contribution is 2.20. The van der Waals surface area contributed by atoms with E-state index in [9.17, 15) is 9.59 Å². The van der Waals surface area contributed by atoms with E-state index in [2.05, 4.69) is 10.6 Å². The Balaban J connectivity index is 1.56. The van der Waals surface area contributed by atoms with Crippen LogP contribution in [0.3, 0.4) is 0 Å². The quantitative estimate of drug-likeness (QED) is 0.822. The van der Waals surface area contributed by atoms with Gasteiger partial charge in [0.25, 0.3) is 0 Å². The average Bonchev–Trinajstić information content (AvgIpc) is 3.18. The molecule has 1 fully saturated rings. The minimum Gasteiger partial charge on any atom is -0.497 e. The van der Waals surface area contributed by atoms with Crippen LogP contribution in [-0.4, -0.2) is 36.5 Å². The summed E-state index contributed by atoms with van der Waals surface area (Å²) in [6.45, 7) is 0.964. The lowest BCUT2D eigenvalue weighted by atomic mass is 10.2. The van der Waals surface area contributed by atoms with Crippen molar-refractivity contribution in [2.75, 3.05) is 19.0 Å². The molecule has 0 aromatic heterocycles. The Morgan fingerprint density at radius 3 is 2.52 bits per heavy atom. The first-order valence-electron chi connectivity index (χ1n) is 8.80. The maximum atomic E-state index is 12.6. The number of rotatable bonds is 5. The first-order valence-corrected chi connectivity index (χ1v) is 9.18. The van der Waals surface area contributed by atoms with Crippen LogP contribution in [0.2, 0.25) is 5.02 Å². The van der Waals surface area contributed by atoms with E-state index in [-0.39, 0.29) is 11.9 Å². The first-order chi connectivity index (χ1) is 13.1. The minimum absolute atomic E-state index is 0.144. The summed E-state index contributed by atoms with van der Waals surface area (Å²) in [7, 11) is 1.61. The largest absolute Gasteiger partial charge is 0.497 e. The second kappa shape index (κ2) is 8.77. The van der Waals surface area contributed by atoms with Crippen molar-refractivity contribution >= 4 is 29.2 Å². The van der Waals surface area contributed by atoms with E-state index in [0.717, 1.165) is 17.7 Å². The lowest BCUT2D eigenvalue weighted by molar-refractivity contribution is -0.124. The molecule has 2 N–H and O–H groups in total. The fourth-order valence-corrected chi connectivity index (χ4v) is 3.19. The Morgan fingerprint density at radius 1 is 1.15 bits per heavy atom. The molecule has 0 radical (unpaired) electrons. The van der Waals surface area contributed by atoms with Crippen LogP contribution in [0.1, 0.15) is 18.4 Å². The van der Waals surface area contributed by atoms with Crippen molar-refractivity contribution < 1.29 is 14.3 Å². The number of halogens is 1. The van der Waals surface area contributed by atoms with Gasteiger partial charge >= 0.3 is 6.03 Å². The lowest BCUT2D eigenvalue weighted by Crippen LogP contribution is -2.47. The summed E-state index contributed by atoms with van der Waals surface area (Å²) in [6.07, 6.45) is 1.46. The average molecular weight is 388 g/mol. The summed E-state index contributed by atoms with van der Waals surface area (Å²) in [5.74, 6) is 0.625. The van der Waals surface area contributed by atoms with Gasteiger partial charge in [-0.1, -0.05) is 23.7 Å². The Hall–Kier alpha value is -2.73. The normalized spacial score (nSPS) is 16.1. The van der Waals surface area contributed by atoms with Crippen molar-refractivity contribution in [2.45, 2.75) is 25.4 Å². The van der Waals surface area contributed by atoms with Crippen LogP contribution in [0.15, 0.2) is 48.5 Å². The Morgan fingerprint density at radius 2 is 1.85 bits per heavy atom. The molecule has 0 spiro atoms. The Bertz CT molecular complexity index is 793. The van der Waals surface area contributed by atoms with E-state index in [1.54, 1.807) is 36.3 Å². The van der Waals surface area contributed by atoms with Crippen LogP contribution in [0.4, 0.5) is 10.5 Å². The van der Waals surface area contributed by atoms with Crippen LogP contribution in [0.25, 0.3) is 0 Å². The minimum atomic E-state index is -0.462. The van der Waals surface area contributed by atoms with Crippen LogP contribution in [-0.2, 0) is 11.3 Å². The molecule has 3 rings (SSSR count). The van der Waals surface area contributed by atoms with Gasteiger partial charge in [-0.2, -0.15) is 0 Å². The number of nitrogens with one attached hydrogen (secondary N) is 2. The van der Waals surface area contributed by atoms with Crippen molar-refractivity contribution in [1.29, 1.82) is 0 Å². The van der Waals surface area contributed by atoms with E-state index in [4.69, 9.17) is 16.3 Å². The summed E-state index contributed by atoms with van der Waals surface area (Å²) < 4.78 is 5.13. The maximum Gasteiger partial charge on any atom is 0.322 e. The highest BCUT2D eigenvalue weighted by molar-refractivity contribution is 6.30. The van der Waals surface area contributed by atoms with E-state index in [0.29, 0.717) is 30.2 Å². The zero-order chi connectivity index (χ0) is 19.2. The van der Waals surface area contributed by atoms with Crippen LogP contribution >= 0.6 is 11.6 Å². The molecule has 6 nitrogen and oxygen atoms in total. The van der Waals surface area contributed by atoms with Crippen molar-refractivity contribution in [1.82, 2.24) is 10.2 Å². The smallest absolute Gasteiger partial charge is 0.322 e. The standard InChI is InChI=1S/C20H22ClN3O3/c1-27-17-10-4-14(5-11-17)13-22-19(25)18-3-2-12-24(18)20(26)23-16-8-6-15(21)7-9-16/h4-11,18H,2-3,12-13H2,1H3,(H,22,25)(H,23,26)/t18-/m1/s1. The fraction of sp³-hybridized carbons (Fsp3) is 0.300. The molecule has 2 aromatic carbocycles. The summed E-state index contributed by atoms with van der Waals surface area (Å²) >= 11 is 5.86. The molecule has 142 valence electrons. The van der Waals surface area contributed by atoms with Gasteiger partial charge in [0.2, 0.25) is 5.91 Å². The zero-order valence-electron chi connectivity index (χ0n) is 15.1. The highest BCUT2D eigenvalue weighted by atomic mass is 35.5. The van der Waals surface area contributed by atoms with Gasteiger partial charge in [0.05, 0.1) is 7.11 Å². The van der Waals surface area contributed by atoms with E-state index < -0.39 is 6.04 Å². The van der Waals surface area contributed by atoms with Gasteiger partial charge in [0, 0.05) is 23.8 Å². The van der Waals surface area contributed by atoms with Gasteiger partial charge in [-0.25, -0.2) is 4.79 Å². The predicted octanol–water partition coefficient (Wildman–Crippen LogP) is 3.66. The second-order valence-corrected chi connectivity index (χ2v) is 6.79. The van der Waals surface area contributed by atoms with Crippen LogP contribution in [0.5, 0.6) is 5.75 Å². The van der Waals surface area contributed by atoms with E-state index >= 15 is 0 Å². The van der Waals surface area contributed by atoms with E-state index in [1.807, 2.05) is 24.3 Å². The molecule has 0 aliphatic carbocycles. The van der Waals surface area contributed by atoms with Gasteiger partial charge in [-0.3, -0.25) is 4.79 Å². The number of amides is 3. The molecular formula is C20H22ClN3O3. The molecule has 7 heteroatoms. The molecule has 1 heterocycles. The summed E-state index contributed by atoms with van der Waals surface area (Å²) in [5.41, 5.74) is 1.62. The third-order valence-electron chi connectivity index (χ3n) is 4.54. The Kier molecular flexibility index (Phi) is 6.19. The van der Waals surface area contributed by atoms with E-state index in [1.165, 1.54) is 0 Å². The Labute approximate surface area is 163 Å². The molecule has 2 aromatic rings. The van der Waals surface area contributed by atoms with Gasteiger partial charge in [0.1, 0.15) is 11.8 Å². The predicted molar refractivity (Wildman–Crippen MR) is 105 cm³/mol. The number of nitrogens with zero attached hydrogens (tertiary/aromatic N) is 1. The third kappa shape index (κ3) is 4.92. The maximum absolute atomic E-state index is 12.6. The van der Waals surface area contributed by atoms with Crippen molar-refractivity contribution in [3.63, 3.8) is 0 Å². The second-order valence-electron chi connectivity index (χ2n) is 6.35. The van der Waals surface area contributed by atoms with Crippen molar-refractivity contribution in [3.05, 3.63) is 59.1 Å². The van der Waals surface area contributed by atoms with Crippen LogP contribution in [0, 0.1) is 0 Å². The van der Waals surface area contributed by atoms with Gasteiger partial charge in [-0.05, 0) is 54.8 Å². The van der Waals surface area contributed by atoms with Gasteiger partial charge in [-0.15, -0.1) is 0 Å². The summed E-state index contributed by atoms with van der Waals surface area (Å²) in [4.78, 5) is 26.7. The molecule has 0 saturated carbocycles. The molecule has 1 atom stereocenters. The fourth-order valence-electron chi connectivity index (χ4n) is 3.06.